The average molecular weight is 327 g/mol. The van der Waals surface area contributed by atoms with Gasteiger partial charge in [-0.3, -0.25) is 0 Å². The van der Waals surface area contributed by atoms with E-state index < -0.39 is 5.34 Å². The van der Waals surface area contributed by atoms with E-state index in [4.69, 9.17) is 0 Å². The largest absolute Gasteiger partial charge is 0.386 e. The van der Waals surface area contributed by atoms with Gasteiger partial charge in [-0.15, -0.1) is 26.2 Å². The van der Waals surface area contributed by atoms with Gasteiger partial charge in [0.15, 0.2) is 0 Å². The lowest BCUT2D eigenvalue weighted by Crippen LogP contribution is -2.31. The molecule has 2 unspecified atom stereocenters. The second-order valence-electron chi connectivity index (χ2n) is 5.08. The predicted molar refractivity (Wildman–Crippen MR) is 87.0 cm³/mol. The maximum atomic E-state index is 10.5. The summed E-state index contributed by atoms with van der Waals surface area (Å²) in [6.07, 6.45) is 10.6. The Morgan fingerprint density at radius 2 is 1.35 bits per heavy atom. The predicted octanol–water partition coefficient (Wildman–Crippen LogP) is 5.31. The maximum Gasteiger partial charge on any atom is 0.0806 e. The molecule has 0 fully saturated rings. The van der Waals surface area contributed by atoms with Gasteiger partial charge in [-0.05, 0) is 25.2 Å². The first-order chi connectivity index (χ1) is 7.58. The van der Waals surface area contributed by atoms with Gasteiger partial charge in [-0.1, -0.05) is 59.3 Å². The molecule has 0 rings (SSSR count). The van der Waals surface area contributed by atoms with Crippen molar-refractivity contribution in [3.05, 3.63) is 0 Å². The summed E-state index contributed by atoms with van der Waals surface area (Å²) < 4.78 is 0. The normalized spacial score (nSPS) is 14.5. The summed E-state index contributed by atoms with van der Waals surface area (Å²) in [5, 5.41) is 10.0. The molecule has 106 valence electrons. The zero-order chi connectivity index (χ0) is 12.4. The maximum absolute atomic E-state index is 10.5. The molecule has 0 heterocycles. The molecule has 1 N–H and O–H groups in total. The number of halogens is 1. The van der Waals surface area contributed by atoms with Crippen molar-refractivity contribution in [3.63, 3.8) is 0 Å². The Labute approximate surface area is 121 Å². The van der Waals surface area contributed by atoms with E-state index in [1.165, 1.54) is 44.9 Å². The molecule has 0 amide bonds. The van der Waals surface area contributed by atoms with Gasteiger partial charge in [0.25, 0.3) is 0 Å². The van der Waals surface area contributed by atoms with E-state index in [0.29, 0.717) is 5.92 Å². The van der Waals surface area contributed by atoms with E-state index >= 15 is 0 Å². The molecule has 0 saturated carbocycles. The zero-order valence-electron chi connectivity index (χ0n) is 11.9. The SMILES string of the molecule is Br.CCCCC(CCCC)C(O)(P)CCCC. The van der Waals surface area contributed by atoms with E-state index in [1.807, 2.05) is 0 Å². The molecule has 0 bridgehead atoms. The van der Waals surface area contributed by atoms with Crippen LogP contribution >= 0.6 is 26.2 Å². The van der Waals surface area contributed by atoms with Crippen molar-refractivity contribution in [1.29, 1.82) is 0 Å². The molecular weight excluding hydrogens is 295 g/mol. The third-order valence-electron chi connectivity index (χ3n) is 3.45. The van der Waals surface area contributed by atoms with E-state index in [-0.39, 0.29) is 17.0 Å². The van der Waals surface area contributed by atoms with Crippen molar-refractivity contribution in [1.82, 2.24) is 0 Å². The fourth-order valence-electron chi connectivity index (χ4n) is 2.21. The minimum Gasteiger partial charge on any atom is -0.386 e. The van der Waals surface area contributed by atoms with Crippen molar-refractivity contribution in [2.45, 2.75) is 83.9 Å². The standard InChI is InChI=1S/C14H31OP.BrH/c1-4-7-10-13(11-8-5-2)14(15,16)12-9-6-3;/h13,15H,4-12,16H2,1-3H3;1H. The molecule has 0 aromatic heterocycles. The van der Waals surface area contributed by atoms with Crippen LogP contribution in [0.2, 0.25) is 0 Å². The lowest BCUT2D eigenvalue weighted by Gasteiger charge is -2.33. The van der Waals surface area contributed by atoms with Gasteiger partial charge in [0.05, 0.1) is 5.34 Å². The van der Waals surface area contributed by atoms with Gasteiger partial charge in [-0.2, -0.15) is 0 Å². The first-order valence-corrected chi connectivity index (χ1v) is 7.67. The Bertz CT molecular complexity index is 154. The molecule has 0 aromatic carbocycles. The van der Waals surface area contributed by atoms with E-state index in [0.717, 1.165) is 12.8 Å². The highest BCUT2D eigenvalue weighted by molar-refractivity contribution is 8.93. The summed E-state index contributed by atoms with van der Waals surface area (Å²) in [5.74, 6) is 0.476. The van der Waals surface area contributed by atoms with E-state index in [9.17, 15) is 5.11 Å². The third-order valence-corrected chi connectivity index (χ3v) is 4.21. The van der Waals surface area contributed by atoms with Crippen LogP contribution < -0.4 is 0 Å². The van der Waals surface area contributed by atoms with E-state index in [1.54, 1.807) is 0 Å². The molecular formula is C14H32BrOP. The van der Waals surface area contributed by atoms with Gasteiger partial charge in [0.2, 0.25) is 0 Å². The molecule has 0 aromatic rings. The van der Waals surface area contributed by atoms with Crippen LogP contribution in [0.3, 0.4) is 0 Å². The van der Waals surface area contributed by atoms with Crippen LogP contribution in [0.1, 0.15) is 78.6 Å². The highest BCUT2D eigenvalue weighted by atomic mass is 79.9. The van der Waals surface area contributed by atoms with Gasteiger partial charge in [0, 0.05) is 0 Å². The van der Waals surface area contributed by atoms with Crippen LogP contribution in [0, 0.1) is 5.92 Å². The Balaban J connectivity index is 0. The zero-order valence-corrected chi connectivity index (χ0v) is 14.7. The van der Waals surface area contributed by atoms with Crippen LogP contribution in [0.4, 0.5) is 0 Å². The number of aliphatic hydroxyl groups is 1. The molecule has 1 nitrogen and oxygen atoms in total. The fraction of sp³-hybridized carbons (Fsp3) is 1.00. The topological polar surface area (TPSA) is 20.2 Å². The minimum absolute atomic E-state index is 0. The summed E-state index contributed by atoms with van der Waals surface area (Å²) in [4.78, 5) is 0. The Kier molecular flexibility index (Phi) is 14.2. The molecule has 0 spiro atoms. The summed E-state index contributed by atoms with van der Waals surface area (Å²) in [6, 6.07) is 0. The van der Waals surface area contributed by atoms with Crippen LogP contribution in [0.15, 0.2) is 0 Å². The smallest absolute Gasteiger partial charge is 0.0806 e. The van der Waals surface area contributed by atoms with Gasteiger partial charge in [0.1, 0.15) is 0 Å². The van der Waals surface area contributed by atoms with Crippen LogP contribution in [-0.2, 0) is 0 Å². The quantitative estimate of drug-likeness (QED) is 0.539. The van der Waals surface area contributed by atoms with Gasteiger partial charge >= 0.3 is 0 Å². The van der Waals surface area contributed by atoms with Gasteiger partial charge < -0.3 is 5.11 Å². The second kappa shape index (κ2) is 11.9. The van der Waals surface area contributed by atoms with Crippen LogP contribution in [0.5, 0.6) is 0 Å². The van der Waals surface area contributed by atoms with Crippen molar-refractivity contribution in [2.24, 2.45) is 5.92 Å². The van der Waals surface area contributed by atoms with E-state index in [2.05, 4.69) is 30.0 Å². The molecule has 0 aliphatic carbocycles. The Hall–Kier alpha value is 0.870. The summed E-state index contributed by atoms with van der Waals surface area (Å²) in [7, 11) is 2.73. The lowest BCUT2D eigenvalue weighted by molar-refractivity contribution is 0.0486. The van der Waals surface area contributed by atoms with Crippen molar-refractivity contribution in [3.8, 4) is 0 Å². The minimum atomic E-state index is -0.514. The molecule has 2 atom stereocenters. The average Bonchev–Trinajstić information content (AvgIpc) is 2.26. The molecule has 17 heavy (non-hydrogen) atoms. The van der Waals surface area contributed by atoms with Crippen LogP contribution in [0.25, 0.3) is 0 Å². The molecule has 0 aliphatic rings. The monoisotopic (exact) mass is 326 g/mol. The molecule has 0 saturated heterocycles. The molecule has 0 aliphatic heterocycles. The van der Waals surface area contributed by atoms with Crippen molar-refractivity contribution >= 4 is 26.2 Å². The summed E-state index contributed by atoms with van der Waals surface area (Å²) in [5.41, 5.74) is 0. The lowest BCUT2D eigenvalue weighted by atomic mass is 9.87. The Morgan fingerprint density at radius 3 is 1.71 bits per heavy atom. The number of unbranched alkanes of at least 4 members (excludes halogenated alkanes) is 3. The summed E-state index contributed by atoms with van der Waals surface area (Å²) >= 11 is 0. The second-order valence-corrected chi connectivity index (χ2v) is 6.08. The van der Waals surface area contributed by atoms with Crippen LogP contribution in [-0.4, -0.2) is 10.4 Å². The number of hydrogen-bond acceptors (Lipinski definition) is 1. The first kappa shape index (κ1) is 20.2. The number of hydrogen-bond donors (Lipinski definition) is 1. The summed E-state index contributed by atoms with van der Waals surface area (Å²) in [6.45, 7) is 6.64. The molecule has 3 heteroatoms. The third kappa shape index (κ3) is 9.45. The highest BCUT2D eigenvalue weighted by Gasteiger charge is 2.30. The van der Waals surface area contributed by atoms with Crippen molar-refractivity contribution in [2.75, 3.05) is 0 Å². The fourth-order valence-corrected chi connectivity index (χ4v) is 2.75. The van der Waals surface area contributed by atoms with Gasteiger partial charge in [-0.25, -0.2) is 0 Å². The molecule has 0 radical (unpaired) electrons. The van der Waals surface area contributed by atoms with Crippen molar-refractivity contribution < 1.29 is 5.11 Å². The first-order valence-electron chi connectivity index (χ1n) is 7.09. The Morgan fingerprint density at radius 1 is 0.941 bits per heavy atom. The highest BCUT2D eigenvalue weighted by Crippen LogP contribution is 2.37. The number of rotatable bonds is 10.